The summed E-state index contributed by atoms with van der Waals surface area (Å²) in [6.07, 6.45) is -0.560. The first-order valence-electron chi connectivity index (χ1n) is 7.43. The van der Waals surface area contributed by atoms with E-state index in [4.69, 9.17) is 0 Å². The minimum Gasteiger partial charge on any atom is -0.363 e. The van der Waals surface area contributed by atoms with Crippen LogP contribution in [0.2, 0.25) is 0 Å². The Hall–Kier alpha value is -3.30. The van der Waals surface area contributed by atoms with Crippen LogP contribution in [0.25, 0.3) is 0 Å². The van der Waals surface area contributed by atoms with E-state index in [9.17, 15) is 17.6 Å². The molecule has 0 aliphatic heterocycles. The molecule has 6 nitrogen and oxygen atoms in total. The molecular weight excluding hydrogens is 352 g/mol. The molecule has 10 heteroatoms. The number of hydrogen-bond donors (Lipinski definition) is 2. The van der Waals surface area contributed by atoms with Gasteiger partial charge in [-0.15, -0.1) is 0 Å². The Labute approximate surface area is 145 Å². The summed E-state index contributed by atoms with van der Waals surface area (Å²) in [5.74, 6) is -1.98. The van der Waals surface area contributed by atoms with Gasteiger partial charge in [-0.2, -0.15) is 18.7 Å². The lowest BCUT2D eigenvalue weighted by molar-refractivity contribution is 0.518. The van der Waals surface area contributed by atoms with E-state index in [0.29, 0.717) is 0 Å². The van der Waals surface area contributed by atoms with Gasteiger partial charge in [-0.3, -0.25) is 0 Å². The van der Waals surface area contributed by atoms with Gasteiger partial charge in [-0.25, -0.2) is 18.7 Å². The molecule has 0 unspecified atom stereocenters. The normalized spacial score (nSPS) is 10.6. The Bertz CT molecular complexity index is 829. The number of rotatable bonds is 6. The van der Waals surface area contributed by atoms with E-state index in [1.807, 2.05) is 0 Å². The van der Waals surface area contributed by atoms with E-state index in [1.54, 1.807) is 24.3 Å². The monoisotopic (exact) mass is 364 g/mol. The zero-order valence-corrected chi connectivity index (χ0v) is 13.2. The zero-order valence-electron chi connectivity index (χ0n) is 13.2. The highest BCUT2D eigenvalue weighted by molar-refractivity contribution is 5.38. The van der Waals surface area contributed by atoms with Gasteiger partial charge in [0, 0.05) is 13.1 Å². The van der Waals surface area contributed by atoms with Crippen LogP contribution in [-0.4, -0.2) is 19.9 Å². The van der Waals surface area contributed by atoms with Crippen molar-refractivity contribution in [3.05, 3.63) is 71.6 Å². The van der Waals surface area contributed by atoms with Crippen molar-refractivity contribution in [2.24, 2.45) is 0 Å². The van der Waals surface area contributed by atoms with Crippen LogP contribution < -0.4 is 10.6 Å². The maximum absolute atomic E-state index is 13.4. The second-order valence-electron chi connectivity index (χ2n) is 5.19. The third-order valence-electron chi connectivity index (χ3n) is 3.37. The Kier molecular flexibility index (Phi) is 5.20. The van der Waals surface area contributed by atoms with Gasteiger partial charge >= 0.3 is 12.2 Å². The maximum Gasteiger partial charge on any atom is 0.310 e. The molecule has 26 heavy (non-hydrogen) atoms. The molecular formula is C16H12F4N6. The maximum atomic E-state index is 13.4. The fourth-order valence-corrected chi connectivity index (χ4v) is 2.09. The Balaban J connectivity index is 1.58. The van der Waals surface area contributed by atoms with Crippen LogP contribution in [0.5, 0.6) is 0 Å². The average Bonchev–Trinajstić information content (AvgIpc) is 2.64. The zero-order chi connectivity index (χ0) is 18.5. The fourth-order valence-electron chi connectivity index (χ4n) is 2.09. The van der Waals surface area contributed by atoms with Crippen molar-refractivity contribution in [3.63, 3.8) is 0 Å². The summed E-state index contributed by atoms with van der Waals surface area (Å²) >= 11 is 0. The molecule has 0 atom stereocenters. The third-order valence-corrected chi connectivity index (χ3v) is 3.37. The number of halogens is 4. The molecule has 3 rings (SSSR count). The molecule has 0 bridgehead atoms. The van der Waals surface area contributed by atoms with E-state index >= 15 is 0 Å². The lowest BCUT2D eigenvalue weighted by Crippen LogP contribution is -2.07. The molecule has 0 amide bonds. The van der Waals surface area contributed by atoms with E-state index in [2.05, 4.69) is 30.6 Å². The molecule has 0 aliphatic rings. The summed E-state index contributed by atoms with van der Waals surface area (Å²) in [6.45, 7) is 0.430. The summed E-state index contributed by atoms with van der Waals surface area (Å²) in [5, 5.41) is 5.34. The van der Waals surface area contributed by atoms with Crippen molar-refractivity contribution in [1.29, 1.82) is 0 Å². The second-order valence-corrected chi connectivity index (χ2v) is 5.19. The van der Waals surface area contributed by atoms with E-state index in [1.165, 1.54) is 0 Å². The van der Waals surface area contributed by atoms with Gasteiger partial charge in [0.05, 0.1) is 12.4 Å². The van der Waals surface area contributed by atoms with Gasteiger partial charge in [-0.1, -0.05) is 24.3 Å². The summed E-state index contributed by atoms with van der Waals surface area (Å²) in [6, 6.07) is 6.99. The van der Waals surface area contributed by atoms with Crippen LogP contribution in [0, 0.1) is 23.8 Å². The second kappa shape index (κ2) is 7.72. The van der Waals surface area contributed by atoms with Gasteiger partial charge in [-0.05, 0) is 11.1 Å². The first kappa shape index (κ1) is 17.5. The van der Waals surface area contributed by atoms with Crippen LogP contribution in [0.4, 0.5) is 29.2 Å². The highest BCUT2D eigenvalue weighted by atomic mass is 19.1. The Morgan fingerprint density at radius 1 is 0.654 bits per heavy atom. The minimum absolute atomic E-state index is 0.215. The standard InChI is InChI=1S/C16H12F4N6/c17-11-7-23-15(19)25-13(11)21-5-9-1-2-10(4-3-9)6-22-14-12(18)8-24-16(20)26-14/h1-4,7-8H,5-6H2,(H,21,23,25)(H,22,24,26). The molecule has 2 N–H and O–H groups in total. The average molecular weight is 364 g/mol. The number of hydrogen-bond acceptors (Lipinski definition) is 6. The highest BCUT2D eigenvalue weighted by Crippen LogP contribution is 2.13. The van der Waals surface area contributed by atoms with Crippen molar-refractivity contribution < 1.29 is 17.6 Å². The molecule has 2 heterocycles. The van der Waals surface area contributed by atoms with Gasteiger partial charge < -0.3 is 10.6 Å². The molecule has 0 saturated carbocycles. The molecule has 0 radical (unpaired) electrons. The van der Waals surface area contributed by atoms with Crippen LogP contribution in [0.3, 0.4) is 0 Å². The molecule has 0 spiro atoms. The number of nitrogens with one attached hydrogen (secondary N) is 2. The van der Waals surface area contributed by atoms with Gasteiger partial charge in [0.2, 0.25) is 0 Å². The SMILES string of the molecule is Fc1ncc(F)c(NCc2ccc(CNc3nc(F)ncc3F)cc2)n1. The first-order chi connectivity index (χ1) is 12.5. The minimum atomic E-state index is -1.02. The van der Waals surface area contributed by atoms with Crippen molar-refractivity contribution in [2.45, 2.75) is 13.1 Å². The molecule has 134 valence electrons. The van der Waals surface area contributed by atoms with E-state index < -0.39 is 23.8 Å². The van der Waals surface area contributed by atoms with Gasteiger partial charge in [0.25, 0.3) is 0 Å². The third kappa shape index (κ3) is 4.41. The van der Waals surface area contributed by atoms with Crippen molar-refractivity contribution in [3.8, 4) is 0 Å². The predicted molar refractivity (Wildman–Crippen MR) is 85.0 cm³/mol. The van der Waals surface area contributed by atoms with E-state index in [0.717, 1.165) is 23.5 Å². The fraction of sp³-hybridized carbons (Fsp3) is 0.125. The van der Waals surface area contributed by atoms with Crippen LogP contribution >= 0.6 is 0 Å². The highest BCUT2D eigenvalue weighted by Gasteiger charge is 2.08. The Morgan fingerprint density at radius 3 is 1.42 bits per heavy atom. The topological polar surface area (TPSA) is 75.6 Å². The molecule has 3 aromatic rings. The molecule has 0 aliphatic carbocycles. The lowest BCUT2D eigenvalue weighted by Gasteiger charge is -2.09. The molecule has 0 fully saturated rings. The largest absolute Gasteiger partial charge is 0.363 e. The van der Waals surface area contributed by atoms with Gasteiger partial charge in [0.1, 0.15) is 0 Å². The van der Waals surface area contributed by atoms with Crippen molar-refractivity contribution in [2.75, 3.05) is 10.6 Å². The first-order valence-corrected chi connectivity index (χ1v) is 7.43. The van der Waals surface area contributed by atoms with Gasteiger partial charge in [0.15, 0.2) is 23.3 Å². The predicted octanol–water partition coefficient (Wildman–Crippen LogP) is 3.05. The molecule has 2 aromatic heterocycles. The van der Waals surface area contributed by atoms with Crippen molar-refractivity contribution >= 4 is 11.6 Å². The summed E-state index contributed by atoms with van der Waals surface area (Å²) < 4.78 is 52.7. The van der Waals surface area contributed by atoms with Crippen LogP contribution in [0.1, 0.15) is 11.1 Å². The smallest absolute Gasteiger partial charge is 0.310 e. The quantitative estimate of drug-likeness (QED) is 0.517. The number of anilines is 2. The molecule has 1 aromatic carbocycles. The van der Waals surface area contributed by atoms with Crippen molar-refractivity contribution in [1.82, 2.24) is 19.9 Å². The summed E-state index contributed by atoms with van der Waals surface area (Å²) in [7, 11) is 0. The van der Waals surface area contributed by atoms with Crippen LogP contribution in [-0.2, 0) is 13.1 Å². The molecule has 0 saturated heterocycles. The number of nitrogens with zero attached hydrogens (tertiary/aromatic N) is 4. The lowest BCUT2D eigenvalue weighted by atomic mass is 10.1. The van der Waals surface area contributed by atoms with Crippen LogP contribution in [0.15, 0.2) is 36.7 Å². The number of aromatic nitrogens is 4. The van der Waals surface area contributed by atoms with E-state index in [-0.39, 0.29) is 24.7 Å². The summed E-state index contributed by atoms with van der Waals surface area (Å²) in [4.78, 5) is 12.9. The summed E-state index contributed by atoms with van der Waals surface area (Å²) in [5.41, 5.74) is 1.57. The number of benzene rings is 1. The Morgan fingerprint density at radius 2 is 1.04 bits per heavy atom.